The van der Waals surface area contributed by atoms with E-state index in [0.717, 1.165) is 5.56 Å². The molecule has 1 aromatic heterocycles. The number of methoxy groups -OCH3 is 6. The Balaban J connectivity index is 2.01. The summed E-state index contributed by atoms with van der Waals surface area (Å²) in [7, 11) is 9.18. The van der Waals surface area contributed by atoms with Crippen molar-refractivity contribution in [2.45, 2.75) is 6.92 Å². The number of carbonyl (C=O) groups excluding carboxylic acids is 1. The second kappa shape index (κ2) is 10.7. The summed E-state index contributed by atoms with van der Waals surface area (Å²) < 4.78 is 38.2. The summed E-state index contributed by atoms with van der Waals surface area (Å²) in [4.78, 5) is 13.2. The van der Waals surface area contributed by atoms with Crippen molar-refractivity contribution in [3.05, 3.63) is 53.8 Å². The minimum absolute atomic E-state index is 0.281. The van der Waals surface area contributed by atoms with E-state index in [4.69, 9.17) is 32.8 Å². The van der Waals surface area contributed by atoms with Crippen molar-refractivity contribution in [2.24, 2.45) is 0 Å². The van der Waals surface area contributed by atoms with Crippen LogP contribution in [0.1, 0.15) is 22.8 Å². The summed E-state index contributed by atoms with van der Waals surface area (Å²) in [5, 5.41) is 0. The molecule has 0 aliphatic rings. The Kier molecular flexibility index (Phi) is 7.73. The summed E-state index contributed by atoms with van der Waals surface area (Å²) >= 11 is 0. The van der Waals surface area contributed by atoms with Crippen molar-refractivity contribution in [1.82, 2.24) is 0 Å². The molecule has 0 atom stereocenters. The van der Waals surface area contributed by atoms with Gasteiger partial charge in [-0.15, -0.1) is 0 Å². The fourth-order valence-corrected chi connectivity index (χ4v) is 3.52. The van der Waals surface area contributed by atoms with E-state index < -0.39 is 0 Å². The van der Waals surface area contributed by atoms with E-state index in [9.17, 15) is 4.79 Å². The number of ether oxygens (including phenoxy) is 6. The maximum Gasteiger partial charge on any atom is 0.193 e. The molecule has 0 N–H and O–H groups in total. The van der Waals surface area contributed by atoms with Gasteiger partial charge in [-0.2, -0.15) is 0 Å². The molecule has 0 aliphatic carbocycles. The maximum absolute atomic E-state index is 13.2. The molecular weight excluding hydrogens is 440 g/mol. The third-order valence-corrected chi connectivity index (χ3v) is 5.33. The molecule has 0 saturated heterocycles. The summed E-state index contributed by atoms with van der Waals surface area (Å²) in [5.74, 6) is 3.12. The molecule has 0 spiro atoms. The summed E-state index contributed by atoms with van der Waals surface area (Å²) in [5.41, 5.74) is 2.34. The van der Waals surface area contributed by atoms with Crippen molar-refractivity contribution in [3.8, 4) is 45.8 Å². The van der Waals surface area contributed by atoms with Gasteiger partial charge in [-0.25, -0.2) is 0 Å². The Morgan fingerprint density at radius 3 is 1.62 bits per heavy atom. The summed E-state index contributed by atoms with van der Waals surface area (Å²) in [6, 6.07) is 8.58. The molecule has 180 valence electrons. The predicted octanol–water partition coefficient (Wildman–Crippen LogP) is 5.28. The van der Waals surface area contributed by atoms with Crippen molar-refractivity contribution < 1.29 is 37.6 Å². The Bertz CT molecular complexity index is 1160. The lowest BCUT2D eigenvalue weighted by atomic mass is 10.0. The lowest BCUT2D eigenvalue weighted by molar-refractivity contribution is 0.104. The molecule has 3 rings (SSSR count). The van der Waals surface area contributed by atoms with Crippen LogP contribution in [0, 0.1) is 0 Å². The van der Waals surface area contributed by atoms with E-state index in [-0.39, 0.29) is 5.78 Å². The first-order valence-corrected chi connectivity index (χ1v) is 10.3. The van der Waals surface area contributed by atoms with Crippen LogP contribution in [-0.2, 0) is 0 Å². The largest absolute Gasteiger partial charge is 0.496 e. The number of rotatable bonds is 10. The quantitative estimate of drug-likeness (QED) is 0.293. The molecule has 0 radical (unpaired) electrons. The first-order chi connectivity index (χ1) is 16.4. The van der Waals surface area contributed by atoms with Crippen LogP contribution in [0.2, 0.25) is 0 Å². The van der Waals surface area contributed by atoms with Crippen molar-refractivity contribution >= 4 is 11.4 Å². The Morgan fingerprint density at radius 1 is 0.706 bits per heavy atom. The van der Waals surface area contributed by atoms with Crippen LogP contribution in [0.25, 0.3) is 16.9 Å². The third kappa shape index (κ3) is 4.80. The van der Waals surface area contributed by atoms with Gasteiger partial charge in [0.15, 0.2) is 5.78 Å². The zero-order chi connectivity index (χ0) is 24.8. The average molecular weight is 469 g/mol. The van der Waals surface area contributed by atoms with Crippen LogP contribution in [0.4, 0.5) is 0 Å². The molecule has 0 unspecified atom stereocenters. The van der Waals surface area contributed by atoms with Crippen LogP contribution in [0.15, 0.2) is 47.1 Å². The van der Waals surface area contributed by atoms with Crippen molar-refractivity contribution in [3.63, 3.8) is 0 Å². The van der Waals surface area contributed by atoms with Crippen LogP contribution in [-0.4, -0.2) is 48.4 Å². The number of benzene rings is 2. The second-order valence-corrected chi connectivity index (χ2v) is 7.21. The first kappa shape index (κ1) is 24.6. The van der Waals surface area contributed by atoms with Crippen molar-refractivity contribution in [2.75, 3.05) is 42.7 Å². The minimum Gasteiger partial charge on any atom is -0.496 e. The summed E-state index contributed by atoms with van der Waals surface area (Å²) in [6.07, 6.45) is 3.07. The normalized spacial score (nSPS) is 11.1. The topological polar surface area (TPSA) is 85.6 Å². The smallest absolute Gasteiger partial charge is 0.193 e. The standard InChI is InChI=1S/C26H28O8/c1-15(8-19(27)25-20(30-4)10-17(28-2)11-21(25)31-5)16-9-24(34-14-16)26-22(32-6)12-18(29-3)13-23(26)33-7/h8-14H,1-7H3/b15-8+. The van der Waals surface area contributed by atoms with E-state index >= 15 is 0 Å². The number of ketones is 1. The molecule has 3 aromatic rings. The molecule has 8 heteroatoms. The van der Waals surface area contributed by atoms with Crippen LogP contribution < -0.4 is 28.4 Å². The maximum atomic E-state index is 13.2. The van der Waals surface area contributed by atoms with Crippen molar-refractivity contribution in [1.29, 1.82) is 0 Å². The highest BCUT2D eigenvalue weighted by molar-refractivity contribution is 6.12. The zero-order valence-corrected chi connectivity index (χ0v) is 20.3. The van der Waals surface area contributed by atoms with E-state index in [1.54, 1.807) is 51.9 Å². The SMILES string of the molecule is COc1cc(OC)c(C(=O)/C=C(\C)c2coc(-c3c(OC)cc(OC)cc3OC)c2)c(OC)c1. The Hall–Kier alpha value is -4.07. The van der Waals surface area contributed by atoms with Gasteiger partial charge in [-0.05, 0) is 24.6 Å². The number of furan rings is 1. The Morgan fingerprint density at radius 2 is 1.18 bits per heavy atom. The number of carbonyl (C=O) groups is 1. The van der Waals surface area contributed by atoms with Gasteiger partial charge in [-0.3, -0.25) is 4.79 Å². The average Bonchev–Trinajstić information content (AvgIpc) is 3.36. The van der Waals surface area contributed by atoms with Gasteiger partial charge >= 0.3 is 0 Å². The molecule has 0 fully saturated rings. The van der Waals surface area contributed by atoms with Gasteiger partial charge in [0.2, 0.25) is 0 Å². The molecule has 0 aliphatic heterocycles. The number of allylic oxidation sites excluding steroid dienone is 2. The fraction of sp³-hybridized carbons (Fsp3) is 0.269. The van der Waals surface area contributed by atoms with E-state index in [1.807, 2.05) is 13.0 Å². The van der Waals surface area contributed by atoms with Crippen LogP contribution >= 0.6 is 0 Å². The number of hydrogen-bond donors (Lipinski definition) is 0. The van der Waals surface area contributed by atoms with Gasteiger partial charge in [0.1, 0.15) is 51.4 Å². The molecular formula is C26H28O8. The van der Waals surface area contributed by atoms with Crippen LogP contribution in [0.3, 0.4) is 0 Å². The highest BCUT2D eigenvalue weighted by atomic mass is 16.5. The fourth-order valence-electron chi connectivity index (χ4n) is 3.52. The van der Waals surface area contributed by atoms with Gasteiger partial charge in [0, 0.05) is 29.8 Å². The summed E-state index contributed by atoms with van der Waals surface area (Å²) in [6.45, 7) is 1.82. The molecule has 34 heavy (non-hydrogen) atoms. The Labute approximate surface area is 198 Å². The number of hydrogen-bond acceptors (Lipinski definition) is 8. The molecule has 2 aromatic carbocycles. The van der Waals surface area contributed by atoms with Gasteiger partial charge < -0.3 is 32.8 Å². The highest BCUT2D eigenvalue weighted by Gasteiger charge is 2.21. The third-order valence-electron chi connectivity index (χ3n) is 5.33. The molecule has 8 nitrogen and oxygen atoms in total. The van der Waals surface area contributed by atoms with Gasteiger partial charge in [-0.1, -0.05) is 0 Å². The van der Waals surface area contributed by atoms with Crippen LogP contribution in [0.5, 0.6) is 34.5 Å². The van der Waals surface area contributed by atoms with Gasteiger partial charge in [0.25, 0.3) is 0 Å². The monoisotopic (exact) mass is 468 g/mol. The molecule has 1 heterocycles. The van der Waals surface area contributed by atoms with Gasteiger partial charge in [0.05, 0.1) is 48.9 Å². The minimum atomic E-state index is -0.281. The van der Waals surface area contributed by atoms with E-state index in [0.29, 0.717) is 57.0 Å². The van der Waals surface area contributed by atoms with E-state index in [1.165, 1.54) is 27.4 Å². The molecule has 0 amide bonds. The van der Waals surface area contributed by atoms with E-state index in [2.05, 4.69) is 0 Å². The predicted molar refractivity (Wildman–Crippen MR) is 128 cm³/mol. The zero-order valence-electron chi connectivity index (χ0n) is 20.3. The second-order valence-electron chi connectivity index (χ2n) is 7.21. The lowest BCUT2D eigenvalue weighted by Crippen LogP contribution is -2.04. The highest BCUT2D eigenvalue weighted by Crippen LogP contribution is 2.43. The molecule has 0 bridgehead atoms. The molecule has 0 saturated carbocycles. The first-order valence-electron chi connectivity index (χ1n) is 10.3. The lowest BCUT2D eigenvalue weighted by Gasteiger charge is -2.13.